The van der Waals surface area contributed by atoms with Crippen molar-refractivity contribution in [2.75, 3.05) is 36.5 Å². The van der Waals surface area contributed by atoms with Gasteiger partial charge in [-0.1, -0.05) is 25.7 Å². The number of benzene rings is 1. The number of halogens is 3. The summed E-state index contributed by atoms with van der Waals surface area (Å²) in [5.74, 6) is -4.06. The van der Waals surface area contributed by atoms with Gasteiger partial charge in [0, 0.05) is 80.5 Å². The molecule has 0 spiro atoms. The number of ether oxygens (including phenoxy) is 2. The molecule has 3 aromatic heterocycles. The molecule has 0 aliphatic carbocycles. The average molecular weight is 629 g/mol. The molecule has 1 unspecified atom stereocenters. The quantitative estimate of drug-likeness (QED) is 0.109. The number of alkyl halides is 2. The lowest BCUT2D eigenvalue weighted by atomic mass is 9.95. The Morgan fingerprint density at radius 2 is 1.98 bits per heavy atom. The maximum absolute atomic E-state index is 16.1. The van der Waals surface area contributed by atoms with Crippen LogP contribution in [0.4, 0.5) is 24.5 Å². The molecule has 0 bridgehead atoms. The van der Waals surface area contributed by atoms with E-state index in [1.54, 1.807) is 36.9 Å². The van der Waals surface area contributed by atoms with Crippen LogP contribution in [0.3, 0.4) is 0 Å². The topological polar surface area (TPSA) is 85.9 Å². The highest BCUT2D eigenvalue weighted by atomic mass is 28.3. The minimum atomic E-state index is -2.82. The van der Waals surface area contributed by atoms with E-state index in [1.807, 2.05) is 28.9 Å². The molecule has 1 aromatic carbocycles. The number of carbonyl (C=O) groups excluding carboxylic acids is 1. The number of esters is 1. The number of hydrogen-bond donors (Lipinski definition) is 1. The van der Waals surface area contributed by atoms with E-state index in [1.165, 1.54) is 11.0 Å². The van der Waals surface area contributed by atoms with Crippen LogP contribution in [-0.4, -0.2) is 65.4 Å². The highest BCUT2D eigenvalue weighted by Gasteiger charge is 2.39. The van der Waals surface area contributed by atoms with Gasteiger partial charge in [-0.3, -0.25) is 0 Å². The number of carbonyl (C=O) groups is 1. The summed E-state index contributed by atoms with van der Waals surface area (Å²) in [6.07, 6.45) is 5.03. The fourth-order valence-electron chi connectivity index (χ4n) is 5.29. The van der Waals surface area contributed by atoms with E-state index in [2.05, 4.69) is 35.0 Å². The van der Waals surface area contributed by atoms with Gasteiger partial charge < -0.3 is 24.1 Å². The summed E-state index contributed by atoms with van der Waals surface area (Å²) in [5.41, 5.74) is 2.96. The van der Waals surface area contributed by atoms with Gasteiger partial charge in [-0.2, -0.15) is 5.10 Å². The Labute approximate surface area is 256 Å². The SMILES string of the molecule is CCOC(=O)c1nn(COCC[Si](C)(C)C)c(C)c1C(Nc1ccn2ccnc2c1)c1ccc(N2CCC(F)(F)C2)cc1F. The zero-order valence-electron chi connectivity index (χ0n) is 25.7. The Morgan fingerprint density at radius 1 is 1.18 bits per heavy atom. The smallest absolute Gasteiger partial charge is 0.359 e. The Hall–Kier alpha value is -3.84. The van der Waals surface area contributed by atoms with Crippen LogP contribution in [0.15, 0.2) is 48.9 Å². The number of aromatic nitrogens is 4. The highest BCUT2D eigenvalue weighted by molar-refractivity contribution is 6.76. The van der Waals surface area contributed by atoms with Gasteiger partial charge in [-0.25, -0.2) is 27.6 Å². The number of anilines is 2. The molecular formula is C31H39F3N6O3Si. The molecule has 1 saturated heterocycles. The third-order valence-corrected chi connectivity index (χ3v) is 9.46. The molecule has 1 aliphatic heterocycles. The number of rotatable bonds is 12. The van der Waals surface area contributed by atoms with Crippen molar-refractivity contribution < 1.29 is 27.4 Å². The number of fused-ring (bicyclic) bond motifs is 1. The zero-order valence-corrected chi connectivity index (χ0v) is 26.7. The van der Waals surface area contributed by atoms with E-state index >= 15 is 4.39 Å². The molecule has 1 aliphatic rings. The predicted molar refractivity (Wildman–Crippen MR) is 166 cm³/mol. The van der Waals surface area contributed by atoms with Gasteiger partial charge in [0.25, 0.3) is 5.92 Å². The molecule has 236 valence electrons. The lowest BCUT2D eigenvalue weighted by Crippen LogP contribution is -2.25. The lowest BCUT2D eigenvalue weighted by Gasteiger charge is -2.24. The van der Waals surface area contributed by atoms with Crippen molar-refractivity contribution in [3.8, 4) is 0 Å². The van der Waals surface area contributed by atoms with Gasteiger partial charge in [0.05, 0.1) is 19.2 Å². The molecule has 4 heterocycles. The summed E-state index contributed by atoms with van der Waals surface area (Å²) in [6.45, 7) is 10.8. The van der Waals surface area contributed by atoms with Crippen molar-refractivity contribution in [1.29, 1.82) is 0 Å². The van der Waals surface area contributed by atoms with Crippen molar-refractivity contribution in [3.05, 3.63) is 77.3 Å². The zero-order chi connectivity index (χ0) is 31.6. The maximum Gasteiger partial charge on any atom is 0.359 e. The van der Waals surface area contributed by atoms with Gasteiger partial charge in [0.1, 0.15) is 18.2 Å². The number of imidazole rings is 1. The molecule has 9 nitrogen and oxygen atoms in total. The van der Waals surface area contributed by atoms with E-state index < -0.39 is 38.4 Å². The second-order valence-corrected chi connectivity index (χ2v) is 18.0. The van der Waals surface area contributed by atoms with Gasteiger partial charge in [-0.05, 0) is 38.1 Å². The van der Waals surface area contributed by atoms with Gasteiger partial charge >= 0.3 is 5.97 Å². The van der Waals surface area contributed by atoms with E-state index in [0.29, 0.717) is 34.9 Å². The number of hydrogen-bond acceptors (Lipinski definition) is 7. The molecule has 13 heteroatoms. The second-order valence-electron chi connectivity index (χ2n) is 12.3. The monoisotopic (exact) mass is 628 g/mol. The largest absolute Gasteiger partial charge is 0.461 e. The molecular weight excluding hydrogens is 589 g/mol. The van der Waals surface area contributed by atoms with Gasteiger partial charge in [0.2, 0.25) is 0 Å². The number of nitrogens with one attached hydrogen (secondary N) is 1. The molecule has 0 radical (unpaired) electrons. The minimum Gasteiger partial charge on any atom is -0.461 e. The van der Waals surface area contributed by atoms with Crippen LogP contribution in [0.2, 0.25) is 25.7 Å². The summed E-state index contributed by atoms with van der Waals surface area (Å²) < 4.78 is 58.7. The second kappa shape index (κ2) is 12.6. The first-order valence-electron chi connectivity index (χ1n) is 14.8. The standard InChI is InChI=1S/C31H39F3N6O3Si/c1-6-43-30(41)29-27(21(2)40(37-29)20-42-15-16-44(3,4)5)28(36-22-9-12-38-14-11-35-26(38)17-22)24-8-7-23(18-25(24)32)39-13-10-31(33,34)19-39/h7-9,11-12,14,17-18,28,36H,6,10,13,15-16,19-20H2,1-5H3. The molecule has 0 saturated carbocycles. The first-order chi connectivity index (χ1) is 20.8. The van der Waals surface area contributed by atoms with Crippen LogP contribution < -0.4 is 10.2 Å². The normalized spacial score (nSPS) is 15.6. The summed E-state index contributed by atoms with van der Waals surface area (Å²) in [6, 6.07) is 8.19. The Bertz CT molecular complexity index is 1630. The maximum atomic E-state index is 16.1. The van der Waals surface area contributed by atoms with E-state index in [0.717, 1.165) is 6.04 Å². The van der Waals surface area contributed by atoms with Crippen molar-refractivity contribution >= 4 is 31.1 Å². The summed E-state index contributed by atoms with van der Waals surface area (Å²) in [5, 5.41) is 7.97. The summed E-state index contributed by atoms with van der Waals surface area (Å²) in [4.78, 5) is 19.1. The molecule has 1 atom stereocenters. The van der Waals surface area contributed by atoms with Crippen molar-refractivity contribution in [3.63, 3.8) is 0 Å². The Balaban J connectivity index is 1.56. The van der Waals surface area contributed by atoms with Crippen LogP contribution >= 0.6 is 0 Å². The van der Waals surface area contributed by atoms with Crippen LogP contribution in [0.1, 0.15) is 46.7 Å². The minimum absolute atomic E-state index is 0.0418. The summed E-state index contributed by atoms with van der Waals surface area (Å²) in [7, 11) is -1.32. The van der Waals surface area contributed by atoms with Crippen molar-refractivity contribution in [2.24, 2.45) is 0 Å². The molecule has 1 N–H and O–H groups in total. The fraction of sp³-hybridized carbons (Fsp3) is 0.452. The predicted octanol–water partition coefficient (Wildman–Crippen LogP) is 6.51. The summed E-state index contributed by atoms with van der Waals surface area (Å²) >= 11 is 0. The van der Waals surface area contributed by atoms with Crippen LogP contribution in [-0.2, 0) is 16.2 Å². The lowest BCUT2D eigenvalue weighted by molar-refractivity contribution is 0.0257. The van der Waals surface area contributed by atoms with Crippen LogP contribution in [0, 0.1) is 12.7 Å². The van der Waals surface area contributed by atoms with Gasteiger partial charge in [-0.15, -0.1) is 0 Å². The van der Waals surface area contributed by atoms with Crippen molar-refractivity contribution in [1.82, 2.24) is 19.2 Å². The van der Waals surface area contributed by atoms with Gasteiger partial charge in [0.15, 0.2) is 5.69 Å². The molecule has 0 amide bonds. The van der Waals surface area contributed by atoms with E-state index in [9.17, 15) is 13.6 Å². The first kappa shape index (κ1) is 31.6. The number of nitrogens with zero attached hydrogens (tertiary/aromatic N) is 5. The molecule has 5 rings (SSSR count). The van der Waals surface area contributed by atoms with Crippen molar-refractivity contribution in [2.45, 2.75) is 64.6 Å². The first-order valence-corrected chi connectivity index (χ1v) is 18.5. The fourth-order valence-corrected chi connectivity index (χ4v) is 6.04. The average Bonchev–Trinajstić information content (AvgIpc) is 3.66. The molecule has 4 aromatic rings. The third kappa shape index (κ3) is 7.10. The Morgan fingerprint density at radius 3 is 2.66 bits per heavy atom. The third-order valence-electron chi connectivity index (χ3n) is 7.76. The Kier molecular flexibility index (Phi) is 9.07. The molecule has 1 fully saturated rings. The highest BCUT2D eigenvalue weighted by Crippen LogP contribution is 2.37. The van der Waals surface area contributed by atoms with E-state index in [4.69, 9.17) is 9.47 Å². The van der Waals surface area contributed by atoms with E-state index in [-0.39, 0.29) is 37.6 Å². The van der Waals surface area contributed by atoms with Crippen LogP contribution in [0.25, 0.3) is 5.65 Å². The molecule has 44 heavy (non-hydrogen) atoms. The number of pyridine rings is 1. The van der Waals surface area contributed by atoms with Crippen LogP contribution in [0.5, 0.6) is 0 Å².